The number of benzene rings is 2. The topological polar surface area (TPSA) is 29.5 Å². The molecule has 1 unspecified atom stereocenters. The zero-order chi connectivity index (χ0) is 19.8. The van der Waals surface area contributed by atoms with Gasteiger partial charge < -0.3 is 9.64 Å². The molecule has 0 aliphatic carbocycles. The molecule has 1 heterocycles. The van der Waals surface area contributed by atoms with Gasteiger partial charge in [-0.3, -0.25) is 0 Å². The second-order valence-electron chi connectivity index (χ2n) is 6.30. The molecule has 1 fully saturated rings. The zero-order valence-electron chi connectivity index (χ0n) is 14.3. The number of hydrogen-bond donors (Lipinski definition) is 0. The van der Waals surface area contributed by atoms with Crippen LogP contribution < -0.4 is 4.90 Å². The number of alkyl halides is 3. The minimum Gasteiger partial charge on any atom is -0.465 e. The Labute approximate surface area is 158 Å². The maximum Gasteiger partial charge on any atom is 0.416 e. The van der Waals surface area contributed by atoms with Crippen LogP contribution in [0, 0.1) is 5.82 Å². The number of anilines is 1. The van der Waals surface area contributed by atoms with Crippen LogP contribution in [-0.4, -0.2) is 26.2 Å². The Morgan fingerprint density at radius 3 is 2.63 bits per heavy atom. The highest BCUT2D eigenvalue weighted by Gasteiger charge is 2.33. The first-order valence-corrected chi connectivity index (χ1v) is 8.58. The lowest BCUT2D eigenvalue weighted by Gasteiger charge is -2.21. The smallest absolute Gasteiger partial charge is 0.416 e. The summed E-state index contributed by atoms with van der Waals surface area (Å²) >= 11 is 6.05. The van der Waals surface area contributed by atoms with Crippen LogP contribution in [0.25, 0.3) is 0 Å². The van der Waals surface area contributed by atoms with E-state index in [0.29, 0.717) is 30.8 Å². The molecule has 1 aliphatic rings. The van der Waals surface area contributed by atoms with E-state index in [-0.39, 0.29) is 16.5 Å². The highest BCUT2D eigenvalue weighted by atomic mass is 35.5. The minimum absolute atomic E-state index is 0.00532. The Balaban J connectivity index is 1.83. The molecule has 0 radical (unpaired) electrons. The van der Waals surface area contributed by atoms with Crippen molar-refractivity contribution in [2.24, 2.45) is 0 Å². The fourth-order valence-corrected chi connectivity index (χ4v) is 3.61. The van der Waals surface area contributed by atoms with Crippen molar-refractivity contribution in [1.29, 1.82) is 0 Å². The normalized spacial score (nSPS) is 17.3. The summed E-state index contributed by atoms with van der Waals surface area (Å²) in [6, 6.07) is 7.73. The van der Waals surface area contributed by atoms with Crippen LogP contribution in [0.5, 0.6) is 0 Å². The molecule has 27 heavy (non-hydrogen) atoms. The van der Waals surface area contributed by atoms with Crippen LogP contribution in [0.2, 0.25) is 5.02 Å². The van der Waals surface area contributed by atoms with Gasteiger partial charge in [-0.25, -0.2) is 9.18 Å². The molecule has 1 aliphatic heterocycles. The molecule has 0 amide bonds. The Kier molecular flexibility index (Phi) is 5.33. The molecule has 1 atom stereocenters. The van der Waals surface area contributed by atoms with Gasteiger partial charge in [-0.05, 0) is 36.2 Å². The summed E-state index contributed by atoms with van der Waals surface area (Å²) in [5.74, 6) is -1.60. The van der Waals surface area contributed by atoms with Crippen LogP contribution in [0.3, 0.4) is 0 Å². The summed E-state index contributed by atoms with van der Waals surface area (Å²) in [6.07, 6.45) is -3.88. The fraction of sp³-hybridized carbons (Fsp3) is 0.316. The van der Waals surface area contributed by atoms with E-state index in [1.807, 2.05) is 4.90 Å². The zero-order valence-corrected chi connectivity index (χ0v) is 15.1. The summed E-state index contributed by atoms with van der Waals surface area (Å²) in [5.41, 5.74) is -0.107. The van der Waals surface area contributed by atoms with Gasteiger partial charge in [0, 0.05) is 19.0 Å². The summed E-state index contributed by atoms with van der Waals surface area (Å²) in [7, 11) is 1.18. The maximum absolute atomic E-state index is 14.7. The number of methoxy groups -OCH3 is 1. The number of halogens is 5. The molecular formula is C19H16ClF4NO2. The van der Waals surface area contributed by atoms with Crippen molar-refractivity contribution in [3.8, 4) is 0 Å². The molecular weight excluding hydrogens is 386 g/mol. The number of esters is 1. The SMILES string of the molecule is COC(=O)c1cccc(C2CCN(c3ccc(C(F)(F)F)cc3Cl)C2)c1F. The van der Waals surface area contributed by atoms with E-state index in [9.17, 15) is 22.4 Å². The van der Waals surface area contributed by atoms with E-state index < -0.39 is 23.5 Å². The molecule has 2 aromatic carbocycles. The van der Waals surface area contributed by atoms with Gasteiger partial charge in [-0.2, -0.15) is 13.2 Å². The van der Waals surface area contributed by atoms with E-state index >= 15 is 0 Å². The first-order valence-electron chi connectivity index (χ1n) is 8.20. The van der Waals surface area contributed by atoms with Crippen molar-refractivity contribution in [2.45, 2.75) is 18.5 Å². The van der Waals surface area contributed by atoms with Crippen molar-refractivity contribution in [3.05, 3.63) is 63.9 Å². The molecule has 144 valence electrons. The molecule has 0 N–H and O–H groups in total. The van der Waals surface area contributed by atoms with Crippen LogP contribution in [0.4, 0.5) is 23.2 Å². The van der Waals surface area contributed by atoms with Gasteiger partial charge in [0.1, 0.15) is 5.82 Å². The summed E-state index contributed by atoms with van der Waals surface area (Å²) < 4.78 is 57.6. The van der Waals surface area contributed by atoms with Crippen molar-refractivity contribution < 1.29 is 27.1 Å². The number of nitrogens with zero attached hydrogens (tertiary/aromatic N) is 1. The van der Waals surface area contributed by atoms with Gasteiger partial charge >= 0.3 is 12.1 Å². The standard InChI is InChI=1S/C19H16ClF4NO2/c1-27-18(26)14-4-2-3-13(17(14)21)11-7-8-25(10-11)16-6-5-12(9-15(16)20)19(22,23)24/h2-6,9,11H,7-8,10H2,1H3. The van der Waals surface area contributed by atoms with Gasteiger partial charge in [0.05, 0.1) is 28.9 Å². The van der Waals surface area contributed by atoms with Crippen molar-refractivity contribution in [3.63, 3.8) is 0 Å². The summed E-state index contributed by atoms with van der Waals surface area (Å²) in [5, 5.41) is -0.00532. The highest BCUT2D eigenvalue weighted by Crippen LogP contribution is 2.39. The van der Waals surface area contributed by atoms with E-state index in [4.69, 9.17) is 11.6 Å². The fourth-order valence-electron chi connectivity index (χ4n) is 3.31. The van der Waals surface area contributed by atoms with Gasteiger partial charge in [0.25, 0.3) is 0 Å². The molecule has 3 rings (SSSR count). The molecule has 0 bridgehead atoms. The summed E-state index contributed by atoms with van der Waals surface area (Å²) in [4.78, 5) is 13.5. The highest BCUT2D eigenvalue weighted by molar-refractivity contribution is 6.33. The largest absolute Gasteiger partial charge is 0.465 e. The van der Waals surface area contributed by atoms with Gasteiger partial charge in [-0.15, -0.1) is 0 Å². The van der Waals surface area contributed by atoms with E-state index in [1.54, 1.807) is 12.1 Å². The first kappa shape index (κ1) is 19.5. The van der Waals surface area contributed by atoms with Gasteiger partial charge in [0.15, 0.2) is 0 Å². The lowest BCUT2D eigenvalue weighted by molar-refractivity contribution is -0.137. The third kappa shape index (κ3) is 3.88. The average molecular weight is 402 g/mol. The van der Waals surface area contributed by atoms with Crippen LogP contribution in [0.1, 0.15) is 33.8 Å². The molecule has 0 spiro atoms. The second-order valence-corrected chi connectivity index (χ2v) is 6.70. The Morgan fingerprint density at radius 1 is 1.26 bits per heavy atom. The third-order valence-corrected chi connectivity index (χ3v) is 4.98. The second kappa shape index (κ2) is 7.38. The van der Waals surface area contributed by atoms with E-state index in [1.165, 1.54) is 19.2 Å². The molecule has 2 aromatic rings. The van der Waals surface area contributed by atoms with Crippen LogP contribution in [-0.2, 0) is 10.9 Å². The minimum atomic E-state index is -4.47. The Hall–Kier alpha value is -2.28. The Morgan fingerprint density at radius 2 is 2.00 bits per heavy atom. The van der Waals surface area contributed by atoms with E-state index in [0.717, 1.165) is 12.1 Å². The maximum atomic E-state index is 14.7. The lowest BCUT2D eigenvalue weighted by atomic mass is 9.95. The number of rotatable bonds is 3. The van der Waals surface area contributed by atoms with E-state index in [2.05, 4.69) is 4.74 Å². The third-order valence-electron chi connectivity index (χ3n) is 4.68. The Bertz CT molecular complexity index is 869. The number of carbonyl (C=O) groups excluding carboxylic acids is 1. The first-order chi connectivity index (χ1) is 12.7. The van der Waals surface area contributed by atoms with Gasteiger partial charge in [0.2, 0.25) is 0 Å². The van der Waals surface area contributed by atoms with Crippen LogP contribution in [0.15, 0.2) is 36.4 Å². The number of carbonyl (C=O) groups is 1. The van der Waals surface area contributed by atoms with Crippen molar-refractivity contribution >= 4 is 23.3 Å². The van der Waals surface area contributed by atoms with Crippen molar-refractivity contribution in [2.75, 3.05) is 25.1 Å². The molecule has 3 nitrogen and oxygen atoms in total. The van der Waals surface area contributed by atoms with Crippen LogP contribution >= 0.6 is 11.6 Å². The van der Waals surface area contributed by atoms with Crippen molar-refractivity contribution in [1.82, 2.24) is 0 Å². The summed E-state index contributed by atoms with van der Waals surface area (Å²) in [6.45, 7) is 0.893. The average Bonchev–Trinajstić information content (AvgIpc) is 3.10. The molecule has 1 saturated heterocycles. The molecule has 0 saturated carbocycles. The monoisotopic (exact) mass is 401 g/mol. The number of hydrogen-bond acceptors (Lipinski definition) is 3. The predicted molar refractivity (Wildman–Crippen MR) is 93.8 cm³/mol. The molecule has 8 heteroatoms. The molecule has 0 aromatic heterocycles. The quantitative estimate of drug-likeness (QED) is 0.518. The van der Waals surface area contributed by atoms with Gasteiger partial charge in [-0.1, -0.05) is 23.7 Å². The lowest BCUT2D eigenvalue weighted by Crippen LogP contribution is -2.20. The number of ether oxygens (including phenoxy) is 1. The predicted octanol–water partition coefficient (Wildman–Crippen LogP) is 5.28.